The van der Waals surface area contributed by atoms with Gasteiger partial charge in [0.25, 0.3) is 0 Å². The zero-order chi connectivity index (χ0) is 15.0. The van der Waals surface area contributed by atoms with Crippen molar-refractivity contribution in [3.05, 3.63) is 68.8 Å². The number of carbonyl (C=O) groups is 1. The number of aromatic nitrogens is 1. The van der Waals surface area contributed by atoms with E-state index >= 15 is 0 Å². The predicted molar refractivity (Wildman–Crippen MR) is 87.9 cm³/mol. The minimum absolute atomic E-state index is 0.414. The number of aldehydes is 1. The highest BCUT2D eigenvalue weighted by molar-refractivity contribution is 6.35. The lowest BCUT2D eigenvalue weighted by atomic mass is 10.2. The predicted octanol–water partition coefficient (Wildman–Crippen LogP) is 5.46. The third-order valence-electron chi connectivity index (χ3n) is 3.41. The highest BCUT2D eigenvalue weighted by Gasteiger charge is 2.15. The van der Waals surface area contributed by atoms with Gasteiger partial charge in [-0.15, -0.1) is 0 Å². The number of hydrogen-bond acceptors (Lipinski definition) is 1. The van der Waals surface area contributed by atoms with Crippen LogP contribution in [-0.4, -0.2) is 10.9 Å². The maximum Gasteiger partial charge on any atom is 0.153 e. The molecule has 0 fully saturated rings. The summed E-state index contributed by atoms with van der Waals surface area (Å²) in [6, 6.07) is 12.9. The molecule has 0 atom stereocenters. The van der Waals surface area contributed by atoms with Crippen LogP contribution in [0.15, 0.2) is 42.5 Å². The normalized spacial score (nSPS) is 11.0. The Kier molecular flexibility index (Phi) is 3.94. The number of halogens is 3. The molecule has 0 aliphatic carbocycles. The Balaban J connectivity index is 2.16. The molecule has 2 nitrogen and oxygen atoms in total. The molecule has 3 aromatic rings. The first-order valence-corrected chi connectivity index (χ1v) is 7.41. The Hall–Kier alpha value is -1.48. The first-order chi connectivity index (χ1) is 10.1. The number of carbonyl (C=O) groups excluding carboxylic acids is 1. The molecule has 3 rings (SSSR count). The van der Waals surface area contributed by atoms with Gasteiger partial charge in [-0.2, -0.15) is 0 Å². The third-order valence-corrected chi connectivity index (χ3v) is 4.40. The smallest absolute Gasteiger partial charge is 0.153 e. The number of para-hydroxylation sites is 1. The van der Waals surface area contributed by atoms with E-state index in [1.165, 1.54) is 0 Å². The summed E-state index contributed by atoms with van der Waals surface area (Å²) in [5.74, 6) is 0. The van der Waals surface area contributed by atoms with Crippen LogP contribution in [0.2, 0.25) is 15.2 Å². The molecule has 0 aliphatic heterocycles. The van der Waals surface area contributed by atoms with Crippen molar-refractivity contribution in [2.45, 2.75) is 6.54 Å². The molecule has 21 heavy (non-hydrogen) atoms. The van der Waals surface area contributed by atoms with Crippen molar-refractivity contribution in [3.63, 3.8) is 0 Å². The van der Waals surface area contributed by atoms with Crippen LogP contribution in [0.4, 0.5) is 0 Å². The van der Waals surface area contributed by atoms with Crippen LogP contribution in [0.1, 0.15) is 15.9 Å². The molecule has 0 radical (unpaired) electrons. The van der Waals surface area contributed by atoms with E-state index in [2.05, 4.69) is 0 Å². The lowest BCUT2D eigenvalue weighted by molar-refractivity contribution is 0.112. The van der Waals surface area contributed by atoms with Crippen molar-refractivity contribution >= 4 is 52.0 Å². The summed E-state index contributed by atoms with van der Waals surface area (Å²) in [5, 5.41) is 2.41. The summed E-state index contributed by atoms with van der Waals surface area (Å²) >= 11 is 18.5. The number of hydrogen-bond donors (Lipinski definition) is 0. The Morgan fingerprint density at radius 3 is 2.52 bits per heavy atom. The lowest BCUT2D eigenvalue weighted by Crippen LogP contribution is -2.00. The zero-order valence-corrected chi connectivity index (χ0v) is 13.1. The molecule has 0 saturated carbocycles. The Morgan fingerprint density at radius 2 is 1.81 bits per heavy atom. The maximum atomic E-state index is 11.3. The fourth-order valence-electron chi connectivity index (χ4n) is 2.39. The molecule has 0 bridgehead atoms. The van der Waals surface area contributed by atoms with E-state index in [0.717, 1.165) is 22.8 Å². The van der Waals surface area contributed by atoms with Gasteiger partial charge in [-0.3, -0.25) is 4.79 Å². The van der Waals surface area contributed by atoms with E-state index in [4.69, 9.17) is 34.8 Å². The van der Waals surface area contributed by atoms with Gasteiger partial charge in [-0.25, -0.2) is 0 Å². The second-order valence-electron chi connectivity index (χ2n) is 4.66. The number of nitrogens with zero attached hydrogens (tertiary/aromatic N) is 1. The second-order valence-corrected chi connectivity index (χ2v) is 5.86. The molecule has 0 spiro atoms. The van der Waals surface area contributed by atoms with Crippen LogP contribution in [0.25, 0.3) is 10.9 Å². The average molecular weight is 339 g/mol. The van der Waals surface area contributed by atoms with Crippen LogP contribution in [-0.2, 0) is 6.54 Å². The van der Waals surface area contributed by atoms with Gasteiger partial charge in [0.15, 0.2) is 6.29 Å². The maximum absolute atomic E-state index is 11.3. The molecular weight excluding hydrogens is 329 g/mol. The van der Waals surface area contributed by atoms with Crippen molar-refractivity contribution in [2.24, 2.45) is 0 Å². The quantitative estimate of drug-likeness (QED) is 0.581. The summed E-state index contributed by atoms with van der Waals surface area (Å²) in [6.45, 7) is 0.475. The molecule has 0 aliphatic rings. The number of rotatable bonds is 3. The SMILES string of the molecule is O=Cc1c(Cl)n(Cc2ccc(Cl)cc2Cl)c2ccccc12. The summed E-state index contributed by atoms with van der Waals surface area (Å²) < 4.78 is 1.87. The second kappa shape index (κ2) is 5.72. The third kappa shape index (κ3) is 2.55. The van der Waals surface area contributed by atoms with E-state index in [0.29, 0.717) is 27.3 Å². The van der Waals surface area contributed by atoms with Crippen LogP contribution in [0.5, 0.6) is 0 Å². The monoisotopic (exact) mass is 337 g/mol. The van der Waals surface area contributed by atoms with Crippen LogP contribution in [0, 0.1) is 0 Å². The highest BCUT2D eigenvalue weighted by Crippen LogP contribution is 2.31. The van der Waals surface area contributed by atoms with Gasteiger partial charge in [-0.05, 0) is 23.8 Å². The van der Waals surface area contributed by atoms with Gasteiger partial charge in [0.05, 0.1) is 17.6 Å². The topological polar surface area (TPSA) is 22.0 Å². The van der Waals surface area contributed by atoms with Gasteiger partial charge in [0.1, 0.15) is 5.15 Å². The Bertz CT molecular complexity index is 839. The fraction of sp³-hybridized carbons (Fsp3) is 0.0625. The van der Waals surface area contributed by atoms with Crippen molar-refractivity contribution in [1.82, 2.24) is 4.57 Å². The van der Waals surface area contributed by atoms with E-state index in [1.54, 1.807) is 12.1 Å². The fourth-order valence-corrected chi connectivity index (χ4v) is 3.15. The average Bonchev–Trinajstić information content (AvgIpc) is 2.74. The minimum Gasteiger partial charge on any atom is -0.326 e. The summed E-state index contributed by atoms with van der Waals surface area (Å²) in [4.78, 5) is 11.3. The van der Waals surface area contributed by atoms with Gasteiger partial charge in [0.2, 0.25) is 0 Å². The van der Waals surface area contributed by atoms with E-state index < -0.39 is 0 Å². The van der Waals surface area contributed by atoms with E-state index in [-0.39, 0.29) is 0 Å². The molecule has 106 valence electrons. The number of benzene rings is 2. The molecule has 0 unspecified atom stereocenters. The van der Waals surface area contributed by atoms with Gasteiger partial charge in [-0.1, -0.05) is 59.1 Å². The summed E-state index contributed by atoms with van der Waals surface area (Å²) in [7, 11) is 0. The lowest BCUT2D eigenvalue weighted by Gasteiger charge is -2.09. The number of fused-ring (bicyclic) bond motifs is 1. The molecular formula is C16H10Cl3NO. The molecule has 1 heterocycles. The summed E-state index contributed by atoms with van der Waals surface area (Å²) in [6.07, 6.45) is 0.782. The largest absolute Gasteiger partial charge is 0.326 e. The van der Waals surface area contributed by atoms with Gasteiger partial charge >= 0.3 is 0 Å². The van der Waals surface area contributed by atoms with Gasteiger partial charge in [0, 0.05) is 15.4 Å². The Labute approximate surface area is 136 Å². The molecule has 2 aromatic carbocycles. The van der Waals surface area contributed by atoms with Crippen molar-refractivity contribution in [3.8, 4) is 0 Å². The first-order valence-electron chi connectivity index (χ1n) is 6.27. The Morgan fingerprint density at radius 1 is 1.05 bits per heavy atom. The highest BCUT2D eigenvalue weighted by atomic mass is 35.5. The van der Waals surface area contributed by atoms with E-state index in [1.807, 2.05) is 34.9 Å². The van der Waals surface area contributed by atoms with Crippen molar-refractivity contribution < 1.29 is 4.79 Å². The summed E-state index contributed by atoms with van der Waals surface area (Å²) in [5.41, 5.74) is 2.29. The molecule has 0 amide bonds. The minimum atomic E-state index is 0.414. The molecule has 0 N–H and O–H groups in total. The van der Waals surface area contributed by atoms with E-state index in [9.17, 15) is 4.79 Å². The molecule has 1 aromatic heterocycles. The van der Waals surface area contributed by atoms with Crippen LogP contribution in [0.3, 0.4) is 0 Å². The standard InChI is InChI=1S/C16H10Cl3NO/c17-11-6-5-10(14(18)7-11)8-20-15-4-2-1-3-12(15)13(9-21)16(20)19/h1-7,9H,8H2. The molecule has 0 saturated heterocycles. The van der Waals surface area contributed by atoms with Gasteiger partial charge < -0.3 is 4.57 Å². The van der Waals surface area contributed by atoms with Crippen LogP contribution < -0.4 is 0 Å². The van der Waals surface area contributed by atoms with Crippen molar-refractivity contribution in [2.75, 3.05) is 0 Å². The zero-order valence-electron chi connectivity index (χ0n) is 10.8. The van der Waals surface area contributed by atoms with Crippen molar-refractivity contribution in [1.29, 1.82) is 0 Å². The first kappa shape index (κ1) is 14.5. The van der Waals surface area contributed by atoms with Crippen LogP contribution >= 0.6 is 34.8 Å². The molecule has 5 heteroatoms.